The molecule has 5 heteroatoms. The number of hydrogen-bond donors (Lipinski definition) is 1. The second-order valence-electron chi connectivity index (χ2n) is 4.23. The molecule has 1 aromatic heterocycles. The fourth-order valence-corrected chi connectivity index (χ4v) is 2.32. The summed E-state index contributed by atoms with van der Waals surface area (Å²) < 4.78 is 1.07. The Kier molecular flexibility index (Phi) is 4.50. The summed E-state index contributed by atoms with van der Waals surface area (Å²) in [4.78, 5) is 6.82. The summed E-state index contributed by atoms with van der Waals surface area (Å²) in [5.41, 5.74) is 7.45. The van der Waals surface area contributed by atoms with Gasteiger partial charge >= 0.3 is 0 Å². The quantitative estimate of drug-likeness (QED) is 0.871. The number of anilines is 1. The molecule has 19 heavy (non-hydrogen) atoms. The summed E-state index contributed by atoms with van der Waals surface area (Å²) >= 11 is 8.42. The first kappa shape index (κ1) is 14.0. The molecule has 0 atom stereocenters. The van der Waals surface area contributed by atoms with Gasteiger partial charge in [-0.2, -0.15) is 0 Å². The standard InChI is InChI=1S/C14H14BrN3S/c1-18(9-10-4-2-5-11(15)8-10)13-7-3-6-12(17-13)14(16)19/h2-8H,9H2,1H3,(H2,16,19). The maximum absolute atomic E-state index is 5.60. The molecule has 0 bridgehead atoms. The number of aromatic nitrogens is 1. The summed E-state index contributed by atoms with van der Waals surface area (Å²) in [6.07, 6.45) is 0. The lowest BCUT2D eigenvalue weighted by Crippen LogP contribution is -2.20. The van der Waals surface area contributed by atoms with E-state index in [9.17, 15) is 0 Å². The SMILES string of the molecule is CN(Cc1cccc(Br)c1)c1cccc(C(N)=S)n1. The average Bonchev–Trinajstić information content (AvgIpc) is 2.39. The topological polar surface area (TPSA) is 42.1 Å². The lowest BCUT2D eigenvalue weighted by Gasteiger charge is -2.19. The van der Waals surface area contributed by atoms with Gasteiger partial charge in [-0.25, -0.2) is 4.98 Å². The van der Waals surface area contributed by atoms with Crippen molar-refractivity contribution in [2.24, 2.45) is 5.73 Å². The normalized spacial score (nSPS) is 10.2. The van der Waals surface area contributed by atoms with Gasteiger partial charge in [-0.3, -0.25) is 0 Å². The van der Waals surface area contributed by atoms with E-state index in [2.05, 4.69) is 37.9 Å². The van der Waals surface area contributed by atoms with Gasteiger partial charge in [0, 0.05) is 18.1 Å². The van der Waals surface area contributed by atoms with Crippen molar-refractivity contribution in [2.75, 3.05) is 11.9 Å². The van der Waals surface area contributed by atoms with E-state index in [1.54, 1.807) is 0 Å². The van der Waals surface area contributed by atoms with Crippen LogP contribution in [-0.2, 0) is 6.54 Å². The number of pyridine rings is 1. The number of nitrogens with two attached hydrogens (primary N) is 1. The first-order chi connectivity index (χ1) is 9.06. The van der Waals surface area contributed by atoms with Crippen molar-refractivity contribution in [1.82, 2.24) is 4.98 Å². The van der Waals surface area contributed by atoms with Crippen LogP contribution in [0.15, 0.2) is 46.9 Å². The molecule has 0 saturated carbocycles. The van der Waals surface area contributed by atoms with E-state index in [-0.39, 0.29) is 0 Å². The predicted octanol–water partition coefficient (Wildman–Crippen LogP) is 3.11. The van der Waals surface area contributed by atoms with E-state index in [1.165, 1.54) is 5.56 Å². The van der Waals surface area contributed by atoms with Crippen LogP contribution in [0, 0.1) is 0 Å². The van der Waals surface area contributed by atoms with E-state index in [0.717, 1.165) is 16.8 Å². The van der Waals surface area contributed by atoms with Gasteiger partial charge < -0.3 is 10.6 Å². The minimum atomic E-state index is 0.317. The van der Waals surface area contributed by atoms with Crippen molar-refractivity contribution in [1.29, 1.82) is 0 Å². The number of thiocarbonyl (C=S) groups is 1. The second kappa shape index (κ2) is 6.12. The molecule has 0 aliphatic carbocycles. The first-order valence-corrected chi connectivity index (χ1v) is 6.99. The van der Waals surface area contributed by atoms with E-state index in [4.69, 9.17) is 18.0 Å². The van der Waals surface area contributed by atoms with Crippen LogP contribution in [0.25, 0.3) is 0 Å². The van der Waals surface area contributed by atoms with E-state index < -0.39 is 0 Å². The van der Waals surface area contributed by atoms with Gasteiger partial charge in [0.2, 0.25) is 0 Å². The molecule has 0 amide bonds. The molecule has 0 fully saturated rings. The van der Waals surface area contributed by atoms with Crippen molar-refractivity contribution in [3.63, 3.8) is 0 Å². The lowest BCUT2D eigenvalue weighted by atomic mass is 10.2. The van der Waals surface area contributed by atoms with Crippen molar-refractivity contribution in [3.8, 4) is 0 Å². The highest BCUT2D eigenvalue weighted by atomic mass is 79.9. The highest BCUT2D eigenvalue weighted by molar-refractivity contribution is 9.10. The van der Waals surface area contributed by atoms with Gasteiger partial charge in [-0.05, 0) is 29.8 Å². The molecule has 3 nitrogen and oxygen atoms in total. The molecular formula is C14H14BrN3S. The van der Waals surface area contributed by atoms with E-state index in [0.29, 0.717) is 10.7 Å². The Morgan fingerprint density at radius 2 is 2.05 bits per heavy atom. The fraction of sp³-hybridized carbons (Fsp3) is 0.143. The average molecular weight is 336 g/mol. The van der Waals surface area contributed by atoms with Crippen LogP contribution in [0.4, 0.5) is 5.82 Å². The fourth-order valence-electron chi connectivity index (χ4n) is 1.76. The van der Waals surface area contributed by atoms with Gasteiger partial charge in [0.15, 0.2) is 0 Å². The maximum Gasteiger partial charge on any atom is 0.129 e. The molecule has 0 radical (unpaired) electrons. The largest absolute Gasteiger partial charge is 0.388 e. The van der Waals surface area contributed by atoms with Crippen LogP contribution in [0.1, 0.15) is 11.3 Å². The summed E-state index contributed by atoms with van der Waals surface area (Å²) in [6.45, 7) is 0.771. The van der Waals surface area contributed by atoms with E-state index in [1.807, 2.05) is 37.4 Å². The number of nitrogens with zero attached hydrogens (tertiary/aromatic N) is 2. The van der Waals surface area contributed by atoms with Crippen molar-refractivity contribution in [2.45, 2.75) is 6.54 Å². The zero-order chi connectivity index (χ0) is 13.8. The summed E-state index contributed by atoms with van der Waals surface area (Å²) in [5, 5.41) is 0. The molecule has 0 unspecified atom stereocenters. The number of halogens is 1. The third-order valence-corrected chi connectivity index (χ3v) is 3.39. The molecule has 0 aliphatic rings. The van der Waals surface area contributed by atoms with Crippen LogP contribution < -0.4 is 10.6 Å². The Morgan fingerprint density at radius 1 is 1.32 bits per heavy atom. The van der Waals surface area contributed by atoms with Crippen molar-refractivity contribution in [3.05, 3.63) is 58.2 Å². The van der Waals surface area contributed by atoms with Gasteiger partial charge in [0.05, 0.1) is 5.69 Å². The smallest absolute Gasteiger partial charge is 0.129 e. The Balaban J connectivity index is 2.18. The van der Waals surface area contributed by atoms with Crippen molar-refractivity contribution >= 4 is 39.0 Å². The Bertz CT molecular complexity index is 601. The Hall–Kier alpha value is -1.46. The highest BCUT2D eigenvalue weighted by Gasteiger charge is 2.06. The third kappa shape index (κ3) is 3.75. The van der Waals surface area contributed by atoms with Crippen molar-refractivity contribution < 1.29 is 0 Å². The van der Waals surface area contributed by atoms with Crippen LogP contribution in [0.3, 0.4) is 0 Å². The number of rotatable bonds is 4. The van der Waals surface area contributed by atoms with E-state index >= 15 is 0 Å². The first-order valence-electron chi connectivity index (χ1n) is 5.78. The Morgan fingerprint density at radius 3 is 2.74 bits per heavy atom. The van der Waals surface area contributed by atoms with Crippen LogP contribution >= 0.6 is 28.1 Å². The van der Waals surface area contributed by atoms with Gasteiger partial charge in [0.1, 0.15) is 10.8 Å². The predicted molar refractivity (Wildman–Crippen MR) is 86.4 cm³/mol. The summed E-state index contributed by atoms with van der Waals surface area (Å²) in [6, 6.07) is 13.9. The second-order valence-corrected chi connectivity index (χ2v) is 5.59. The minimum absolute atomic E-state index is 0.317. The zero-order valence-electron chi connectivity index (χ0n) is 10.5. The van der Waals surface area contributed by atoms with Crippen LogP contribution in [0.2, 0.25) is 0 Å². The molecule has 2 N–H and O–H groups in total. The number of hydrogen-bond acceptors (Lipinski definition) is 3. The summed E-state index contributed by atoms with van der Waals surface area (Å²) in [7, 11) is 1.99. The molecule has 1 aromatic carbocycles. The van der Waals surface area contributed by atoms with Gasteiger partial charge in [-0.1, -0.05) is 46.3 Å². The van der Waals surface area contributed by atoms with Gasteiger partial charge in [0.25, 0.3) is 0 Å². The van der Waals surface area contributed by atoms with Crippen LogP contribution in [-0.4, -0.2) is 17.0 Å². The zero-order valence-corrected chi connectivity index (χ0v) is 12.9. The monoisotopic (exact) mass is 335 g/mol. The molecule has 0 spiro atoms. The molecule has 98 valence electrons. The Labute approximate surface area is 126 Å². The maximum atomic E-state index is 5.60. The number of benzene rings is 1. The summed E-state index contributed by atoms with van der Waals surface area (Å²) in [5.74, 6) is 0.852. The molecule has 0 aliphatic heterocycles. The van der Waals surface area contributed by atoms with Gasteiger partial charge in [-0.15, -0.1) is 0 Å². The lowest BCUT2D eigenvalue weighted by molar-refractivity contribution is 0.896. The molecule has 2 rings (SSSR count). The molecule has 2 aromatic rings. The highest BCUT2D eigenvalue weighted by Crippen LogP contribution is 2.16. The molecular weight excluding hydrogens is 322 g/mol. The third-order valence-electron chi connectivity index (χ3n) is 2.69. The van der Waals surface area contributed by atoms with Crippen LogP contribution in [0.5, 0.6) is 0 Å². The minimum Gasteiger partial charge on any atom is -0.388 e. The molecule has 0 saturated heterocycles. The molecule has 1 heterocycles.